The Kier molecular flexibility index (Phi) is 5.63. The quantitative estimate of drug-likeness (QED) is 0.595. The summed E-state index contributed by atoms with van der Waals surface area (Å²) in [6.45, 7) is 0. The fraction of sp³-hybridized carbons (Fsp3) is 1.00. The van der Waals surface area contributed by atoms with Gasteiger partial charge in [0.2, 0.25) is 0 Å². The first-order chi connectivity index (χ1) is 7.86. The van der Waals surface area contributed by atoms with E-state index in [0.717, 1.165) is 17.5 Å². The molecule has 0 aliphatic heterocycles. The van der Waals surface area contributed by atoms with Crippen LogP contribution in [0.5, 0.6) is 0 Å². The van der Waals surface area contributed by atoms with Crippen molar-refractivity contribution in [2.45, 2.75) is 82.7 Å². The van der Waals surface area contributed by atoms with Crippen LogP contribution < -0.4 is 0 Å². The van der Waals surface area contributed by atoms with Crippen LogP contribution >= 0.6 is 9.24 Å². The van der Waals surface area contributed by atoms with Crippen molar-refractivity contribution >= 4 is 9.24 Å². The van der Waals surface area contributed by atoms with E-state index in [1.165, 1.54) is 77.0 Å². The topological polar surface area (TPSA) is 0 Å². The molecule has 0 N–H and O–H groups in total. The SMILES string of the molecule is P[C@@H](CCC1CCCCC1)C1CCCCC1. The number of rotatable bonds is 4. The highest BCUT2D eigenvalue weighted by atomic mass is 31.0. The second-order valence-corrected chi connectivity index (χ2v) is 7.00. The van der Waals surface area contributed by atoms with Gasteiger partial charge in [-0.3, -0.25) is 0 Å². The Hall–Kier alpha value is 0.430. The molecule has 2 aliphatic rings. The molecule has 2 atom stereocenters. The van der Waals surface area contributed by atoms with Gasteiger partial charge in [0.25, 0.3) is 0 Å². The highest BCUT2D eigenvalue weighted by molar-refractivity contribution is 7.17. The Labute approximate surface area is 104 Å². The summed E-state index contributed by atoms with van der Waals surface area (Å²) >= 11 is 0. The summed E-state index contributed by atoms with van der Waals surface area (Å²) in [5.74, 6) is 2.13. The van der Waals surface area contributed by atoms with Crippen molar-refractivity contribution in [3.63, 3.8) is 0 Å². The first-order valence-electron chi connectivity index (χ1n) is 7.62. The molecule has 0 aromatic carbocycles. The third-order valence-corrected chi connectivity index (χ3v) is 5.77. The molecule has 2 fully saturated rings. The van der Waals surface area contributed by atoms with Crippen molar-refractivity contribution in [2.75, 3.05) is 0 Å². The monoisotopic (exact) mass is 240 g/mol. The molecule has 2 aliphatic carbocycles. The molecule has 1 unspecified atom stereocenters. The van der Waals surface area contributed by atoms with Crippen molar-refractivity contribution in [3.8, 4) is 0 Å². The first-order valence-corrected chi connectivity index (χ1v) is 8.28. The molecular weight excluding hydrogens is 211 g/mol. The Bertz CT molecular complexity index is 178. The molecule has 2 saturated carbocycles. The zero-order valence-electron chi connectivity index (χ0n) is 10.8. The summed E-state index contributed by atoms with van der Waals surface area (Å²) in [6, 6.07) is 0. The maximum atomic E-state index is 3.17. The van der Waals surface area contributed by atoms with Crippen LogP contribution in [0.15, 0.2) is 0 Å². The van der Waals surface area contributed by atoms with E-state index >= 15 is 0 Å². The Balaban J connectivity index is 1.63. The van der Waals surface area contributed by atoms with Crippen LogP contribution in [0.25, 0.3) is 0 Å². The summed E-state index contributed by atoms with van der Waals surface area (Å²) in [5, 5.41) is 0. The summed E-state index contributed by atoms with van der Waals surface area (Å²) in [4.78, 5) is 0. The van der Waals surface area contributed by atoms with Gasteiger partial charge in [-0.25, -0.2) is 0 Å². The van der Waals surface area contributed by atoms with Crippen LogP contribution in [0.1, 0.15) is 77.0 Å². The molecule has 0 amide bonds. The molecule has 16 heavy (non-hydrogen) atoms. The van der Waals surface area contributed by atoms with E-state index in [-0.39, 0.29) is 0 Å². The lowest BCUT2D eigenvalue weighted by molar-refractivity contribution is 0.297. The average Bonchev–Trinajstić information content (AvgIpc) is 2.38. The van der Waals surface area contributed by atoms with E-state index in [2.05, 4.69) is 9.24 Å². The summed E-state index contributed by atoms with van der Waals surface area (Å²) in [7, 11) is 3.17. The fourth-order valence-corrected chi connectivity index (χ4v) is 4.28. The second-order valence-electron chi connectivity index (χ2n) is 6.14. The summed E-state index contributed by atoms with van der Waals surface area (Å²) in [5.41, 5.74) is 0.933. The first kappa shape index (κ1) is 12.9. The van der Waals surface area contributed by atoms with Gasteiger partial charge in [0.15, 0.2) is 0 Å². The molecule has 0 heterocycles. The molecule has 2 rings (SSSR count). The van der Waals surface area contributed by atoms with E-state index in [4.69, 9.17) is 0 Å². The van der Waals surface area contributed by atoms with Crippen molar-refractivity contribution in [1.82, 2.24) is 0 Å². The number of hydrogen-bond acceptors (Lipinski definition) is 0. The lowest BCUT2D eigenvalue weighted by Crippen LogP contribution is -2.19. The van der Waals surface area contributed by atoms with Crippen molar-refractivity contribution in [2.24, 2.45) is 11.8 Å². The molecule has 1 heteroatoms. The average molecular weight is 240 g/mol. The van der Waals surface area contributed by atoms with Crippen LogP contribution in [0.4, 0.5) is 0 Å². The zero-order chi connectivity index (χ0) is 11.2. The molecular formula is C15H29P. The number of hydrogen-bond donors (Lipinski definition) is 0. The standard InChI is InChI=1S/C15H29P/c16-15(14-9-5-2-6-10-14)12-11-13-7-3-1-4-8-13/h13-15H,1-12,16H2/t15-/m0/s1. The Morgan fingerprint density at radius 2 is 1.38 bits per heavy atom. The molecule has 0 spiro atoms. The largest absolute Gasteiger partial charge is 0.134 e. The molecule has 0 radical (unpaired) electrons. The predicted octanol–water partition coefficient (Wildman–Crippen LogP) is 5.17. The molecule has 0 nitrogen and oxygen atoms in total. The normalized spacial score (nSPS) is 26.8. The van der Waals surface area contributed by atoms with Gasteiger partial charge in [-0.15, -0.1) is 9.24 Å². The lowest BCUT2D eigenvalue weighted by atomic mass is 9.81. The Morgan fingerprint density at radius 1 is 0.812 bits per heavy atom. The molecule has 0 aromatic rings. The highest BCUT2D eigenvalue weighted by Gasteiger charge is 2.21. The van der Waals surface area contributed by atoms with Crippen LogP contribution in [0.2, 0.25) is 0 Å². The van der Waals surface area contributed by atoms with Gasteiger partial charge in [0, 0.05) is 0 Å². The molecule has 0 bridgehead atoms. The van der Waals surface area contributed by atoms with E-state index in [1.54, 1.807) is 0 Å². The van der Waals surface area contributed by atoms with Crippen LogP contribution in [-0.2, 0) is 0 Å². The van der Waals surface area contributed by atoms with Gasteiger partial charge in [-0.1, -0.05) is 51.4 Å². The van der Waals surface area contributed by atoms with E-state index in [1.807, 2.05) is 0 Å². The summed E-state index contributed by atoms with van der Waals surface area (Å²) < 4.78 is 0. The predicted molar refractivity (Wildman–Crippen MR) is 75.9 cm³/mol. The van der Waals surface area contributed by atoms with Crippen LogP contribution in [0, 0.1) is 11.8 Å². The van der Waals surface area contributed by atoms with Crippen molar-refractivity contribution in [1.29, 1.82) is 0 Å². The van der Waals surface area contributed by atoms with E-state index < -0.39 is 0 Å². The smallest absolute Gasteiger partial charge is 0.0236 e. The fourth-order valence-electron chi connectivity index (χ4n) is 3.70. The highest BCUT2D eigenvalue weighted by Crippen LogP contribution is 2.35. The second kappa shape index (κ2) is 7.00. The van der Waals surface area contributed by atoms with Gasteiger partial charge in [0.05, 0.1) is 0 Å². The molecule has 0 saturated heterocycles. The molecule has 0 aromatic heterocycles. The zero-order valence-corrected chi connectivity index (χ0v) is 11.9. The minimum atomic E-state index is 0.933. The summed E-state index contributed by atoms with van der Waals surface area (Å²) in [6.07, 6.45) is 18.1. The minimum Gasteiger partial charge on any atom is -0.134 e. The maximum Gasteiger partial charge on any atom is -0.0236 e. The van der Waals surface area contributed by atoms with E-state index in [9.17, 15) is 0 Å². The van der Waals surface area contributed by atoms with Gasteiger partial charge in [-0.05, 0) is 43.2 Å². The lowest BCUT2D eigenvalue weighted by Gasteiger charge is -2.29. The minimum absolute atomic E-state index is 0.933. The Morgan fingerprint density at radius 3 is 2.00 bits per heavy atom. The van der Waals surface area contributed by atoms with Crippen LogP contribution in [0.3, 0.4) is 0 Å². The van der Waals surface area contributed by atoms with Gasteiger partial charge in [-0.2, -0.15) is 0 Å². The third-order valence-electron chi connectivity index (χ3n) is 4.89. The van der Waals surface area contributed by atoms with Gasteiger partial charge in [0.1, 0.15) is 0 Å². The van der Waals surface area contributed by atoms with E-state index in [0.29, 0.717) is 0 Å². The van der Waals surface area contributed by atoms with Crippen molar-refractivity contribution < 1.29 is 0 Å². The molecule has 94 valence electrons. The van der Waals surface area contributed by atoms with Crippen molar-refractivity contribution in [3.05, 3.63) is 0 Å². The third kappa shape index (κ3) is 4.02. The maximum absolute atomic E-state index is 3.17. The van der Waals surface area contributed by atoms with Crippen LogP contribution in [-0.4, -0.2) is 5.66 Å². The van der Waals surface area contributed by atoms with Gasteiger partial charge < -0.3 is 0 Å². The van der Waals surface area contributed by atoms with Gasteiger partial charge >= 0.3 is 0 Å².